The minimum Gasteiger partial charge on any atom is -0.275 e. The van der Waals surface area contributed by atoms with Gasteiger partial charge in [-0.1, -0.05) is 30.4 Å². The third-order valence-corrected chi connectivity index (χ3v) is 2.31. The van der Waals surface area contributed by atoms with Crippen molar-refractivity contribution in [3.8, 4) is 0 Å². The molecule has 0 atom stereocenters. The monoisotopic (exact) mass is 186 g/mol. The number of allylic oxidation sites excluding steroid dienone is 6. The second-order valence-electron chi connectivity index (χ2n) is 3.45. The molecule has 0 aromatic carbocycles. The fourth-order valence-electron chi connectivity index (χ4n) is 1.56. The van der Waals surface area contributed by atoms with Gasteiger partial charge >= 0.3 is 0 Å². The van der Waals surface area contributed by atoms with Gasteiger partial charge in [0.25, 0.3) is 0 Å². The zero-order valence-corrected chi connectivity index (χ0v) is 8.35. The van der Waals surface area contributed by atoms with E-state index in [1.807, 2.05) is 17.9 Å². The zero-order chi connectivity index (χ0) is 9.80. The maximum Gasteiger partial charge on any atom is 0.0564 e. The quantitative estimate of drug-likeness (QED) is 0.659. The molecule has 14 heavy (non-hydrogen) atoms. The Hall–Kier alpha value is -1.57. The van der Waals surface area contributed by atoms with Gasteiger partial charge in [-0.2, -0.15) is 5.10 Å². The summed E-state index contributed by atoms with van der Waals surface area (Å²) in [5.41, 5.74) is 2.59. The first-order chi connectivity index (χ1) is 6.86. The van der Waals surface area contributed by atoms with E-state index in [1.54, 1.807) is 0 Å². The Morgan fingerprint density at radius 2 is 2.21 bits per heavy atom. The van der Waals surface area contributed by atoms with Crippen molar-refractivity contribution in [2.45, 2.75) is 12.8 Å². The predicted octanol–water partition coefficient (Wildman–Crippen LogP) is 2.71. The van der Waals surface area contributed by atoms with Crippen LogP contribution >= 0.6 is 0 Å². The molecule has 0 bridgehead atoms. The molecule has 1 aliphatic carbocycles. The lowest BCUT2D eigenvalue weighted by molar-refractivity contribution is 0.767. The van der Waals surface area contributed by atoms with Crippen molar-refractivity contribution in [1.82, 2.24) is 9.78 Å². The van der Waals surface area contributed by atoms with Crippen LogP contribution < -0.4 is 0 Å². The van der Waals surface area contributed by atoms with Crippen LogP contribution in [0.5, 0.6) is 0 Å². The van der Waals surface area contributed by atoms with E-state index in [4.69, 9.17) is 0 Å². The van der Waals surface area contributed by atoms with E-state index >= 15 is 0 Å². The molecule has 0 saturated carbocycles. The molecule has 0 radical (unpaired) electrons. The summed E-state index contributed by atoms with van der Waals surface area (Å²) in [5.74, 6) is 0. The largest absolute Gasteiger partial charge is 0.275 e. The fourth-order valence-corrected chi connectivity index (χ4v) is 1.56. The molecule has 0 saturated heterocycles. The van der Waals surface area contributed by atoms with Crippen molar-refractivity contribution < 1.29 is 0 Å². The summed E-state index contributed by atoms with van der Waals surface area (Å²) in [6.07, 6.45) is 16.8. The summed E-state index contributed by atoms with van der Waals surface area (Å²) in [5, 5.41) is 4.18. The van der Waals surface area contributed by atoms with E-state index in [1.165, 1.54) is 11.1 Å². The van der Waals surface area contributed by atoms with Crippen molar-refractivity contribution >= 4 is 5.57 Å². The zero-order valence-electron chi connectivity index (χ0n) is 8.35. The standard InChI is InChI=1S/C12H14N2/c1-14-10-12(9-13-14)11-7-5-3-2-4-6-8-11/h2-5,7,9-10H,6,8H2,1H3/b4-2-,5-3-,11-7+. The Labute approximate surface area is 84.2 Å². The van der Waals surface area contributed by atoms with Crippen LogP contribution in [0.3, 0.4) is 0 Å². The Kier molecular flexibility index (Phi) is 2.63. The molecule has 2 heteroatoms. The minimum atomic E-state index is 1.09. The highest BCUT2D eigenvalue weighted by atomic mass is 15.2. The highest BCUT2D eigenvalue weighted by Gasteiger charge is 2.02. The fraction of sp³-hybridized carbons (Fsp3) is 0.250. The molecular weight excluding hydrogens is 172 g/mol. The molecule has 0 aliphatic heterocycles. The highest BCUT2D eigenvalue weighted by molar-refractivity contribution is 5.66. The maximum absolute atomic E-state index is 4.18. The predicted molar refractivity (Wildman–Crippen MR) is 58.7 cm³/mol. The van der Waals surface area contributed by atoms with Crippen molar-refractivity contribution in [2.75, 3.05) is 0 Å². The van der Waals surface area contributed by atoms with Gasteiger partial charge in [0.2, 0.25) is 0 Å². The Morgan fingerprint density at radius 3 is 3.00 bits per heavy atom. The van der Waals surface area contributed by atoms with Gasteiger partial charge in [-0.05, 0) is 18.4 Å². The molecule has 1 aromatic heterocycles. The Bertz CT molecular complexity index is 394. The van der Waals surface area contributed by atoms with E-state index in [9.17, 15) is 0 Å². The number of rotatable bonds is 1. The van der Waals surface area contributed by atoms with Crippen molar-refractivity contribution in [1.29, 1.82) is 0 Å². The normalized spacial score (nSPS) is 24.5. The summed E-state index contributed by atoms with van der Waals surface area (Å²) in [6.45, 7) is 0. The van der Waals surface area contributed by atoms with Crippen LogP contribution in [-0.4, -0.2) is 9.78 Å². The van der Waals surface area contributed by atoms with Crippen LogP contribution in [0.4, 0.5) is 0 Å². The first kappa shape index (κ1) is 9.00. The number of hydrogen-bond donors (Lipinski definition) is 0. The molecule has 0 spiro atoms. The second kappa shape index (κ2) is 4.09. The lowest BCUT2D eigenvalue weighted by atomic mass is 10.0. The molecule has 2 rings (SSSR count). The number of aromatic nitrogens is 2. The number of aryl methyl sites for hydroxylation is 1. The minimum absolute atomic E-state index is 1.09. The molecule has 1 aromatic rings. The number of nitrogens with zero attached hydrogens (tertiary/aromatic N) is 2. The van der Waals surface area contributed by atoms with Crippen molar-refractivity contribution in [3.63, 3.8) is 0 Å². The smallest absolute Gasteiger partial charge is 0.0564 e. The van der Waals surface area contributed by atoms with Crippen LogP contribution in [0.2, 0.25) is 0 Å². The third-order valence-electron chi connectivity index (χ3n) is 2.31. The molecular formula is C12H14N2. The highest BCUT2D eigenvalue weighted by Crippen LogP contribution is 2.20. The van der Waals surface area contributed by atoms with Crippen molar-refractivity contribution in [2.24, 2.45) is 7.05 Å². The molecule has 0 N–H and O–H groups in total. The van der Waals surface area contributed by atoms with Crippen LogP contribution in [-0.2, 0) is 7.05 Å². The van der Waals surface area contributed by atoms with Gasteiger partial charge < -0.3 is 0 Å². The second-order valence-corrected chi connectivity index (χ2v) is 3.45. The van der Waals surface area contributed by atoms with Crippen LogP contribution in [0.1, 0.15) is 18.4 Å². The van der Waals surface area contributed by atoms with Gasteiger partial charge in [0.15, 0.2) is 0 Å². The van der Waals surface area contributed by atoms with Crippen LogP contribution in [0, 0.1) is 0 Å². The van der Waals surface area contributed by atoms with Gasteiger partial charge in [-0.25, -0.2) is 0 Å². The van der Waals surface area contributed by atoms with E-state index in [-0.39, 0.29) is 0 Å². The van der Waals surface area contributed by atoms with Gasteiger partial charge in [0.1, 0.15) is 0 Å². The van der Waals surface area contributed by atoms with E-state index < -0.39 is 0 Å². The SMILES string of the molecule is Cn1cc(/C2=C/C=C\C=C/CC2)cn1. The first-order valence-corrected chi connectivity index (χ1v) is 4.87. The lowest BCUT2D eigenvalue weighted by Crippen LogP contribution is -1.85. The summed E-state index contributed by atoms with van der Waals surface area (Å²) in [4.78, 5) is 0. The molecule has 0 fully saturated rings. The molecule has 0 unspecified atom stereocenters. The molecule has 1 heterocycles. The summed E-state index contributed by atoms with van der Waals surface area (Å²) >= 11 is 0. The van der Waals surface area contributed by atoms with Crippen LogP contribution in [0.15, 0.2) is 42.8 Å². The van der Waals surface area contributed by atoms with E-state index in [0.29, 0.717) is 0 Å². The maximum atomic E-state index is 4.18. The molecule has 2 nitrogen and oxygen atoms in total. The van der Waals surface area contributed by atoms with Gasteiger partial charge in [-0.3, -0.25) is 4.68 Å². The van der Waals surface area contributed by atoms with E-state index in [0.717, 1.165) is 12.8 Å². The molecule has 1 aliphatic rings. The average molecular weight is 186 g/mol. The Balaban J connectivity index is 2.25. The average Bonchev–Trinajstić information content (AvgIpc) is 2.51. The van der Waals surface area contributed by atoms with Gasteiger partial charge in [0, 0.05) is 18.8 Å². The van der Waals surface area contributed by atoms with Gasteiger partial charge in [-0.15, -0.1) is 0 Å². The topological polar surface area (TPSA) is 17.8 Å². The summed E-state index contributed by atoms with van der Waals surface area (Å²) in [6, 6.07) is 0. The Morgan fingerprint density at radius 1 is 1.29 bits per heavy atom. The van der Waals surface area contributed by atoms with Crippen molar-refractivity contribution in [3.05, 3.63) is 48.3 Å². The third kappa shape index (κ3) is 2.02. The summed E-state index contributed by atoms with van der Waals surface area (Å²) in [7, 11) is 1.95. The van der Waals surface area contributed by atoms with Crippen LogP contribution in [0.25, 0.3) is 5.57 Å². The number of hydrogen-bond acceptors (Lipinski definition) is 1. The van der Waals surface area contributed by atoms with E-state index in [2.05, 4.69) is 41.7 Å². The molecule has 72 valence electrons. The lowest BCUT2D eigenvalue weighted by Gasteiger charge is -2.02. The van der Waals surface area contributed by atoms with Gasteiger partial charge in [0.05, 0.1) is 6.20 Å². The molecule has 0 amide bonds. The first-order valence-electron chi connectivity index (χ1n) is 4.87. The summed E-state index contributed by atoms with van der Waals surface area (Å²) < 4.78 is 1.84.